The minimum Gasteiger partial charge on any atom is -0.376 e. The van der Waals surface area contributed by atoms with E-state index in [4.69, 9.17) is 10.5 Å². The highest BCUT2D eigenvalue weighted by molar-refractivity contribution is 5.16. The fourth-order valence-corrected chi connectivity index (χ4v) is 2.75. The van der Waals surface area contributed by atoms with Crippen molar-refractivity contribution >= 4 is 0 Å². The summed E-state index contributed by atoms with van der Waals surface area (Å²) in [5, 5.41) is 0. The first-order valence-electron chi connectivity index (χ1n) is 6.82. The Balaban J connectivity index is 1.79. The molecule has 0 spiro atoms. The Morgan fingerprint density at radius 3 is 2.61 bits per heavy atom. The zero-order chi connectivity index (χ0) is 12.8. The number of hydrogen-bond acceptors (Lipinski definition) is 2. The second kappa shape index (κ2) is 6.86. The molecule has 1 fully saturated rings. The SMILES string of the molecule is NCC1CCCCC1COCc1ccccc1F. The molecule has 0 heterocycles. The maximum atomic E-state index is 13.4. The zero-order valence-electron chi connectivity index (χ0n) is 10.8. The van der Waals surface area contributed by atoms with Crippen LogP contribution in [0, 0.1) is 17.7 Å². The van der Waals surface area contributed by atoms with Gasteiger partial charge in [0.15, 0.2) is 0 Å². The summed E-state index contributed by atoms with van der Waals surface area (Å²) >= 11 is 0. The largest absolute Gasteiger partial charge is 0.376 e. The summed E-state index contributed by atoms with van der Waals surface area (Å²) in [5.41, 5.74) is 6.42. The van der Waals surface area contributed by atoms with Gasteiger partial charge < -0.3 is 10.5 Å². The Morgan fingerprint density at radius 1 is 1.17 bits per heavy atom. The van der Waals surface area contributed by atoms with Crippen LogP contribution in [0.1, 0.15) is 31.2 Å². The Bertz CT molecular complexity index is 369. The van der Waals surface area contributed by atoms with Crippen molar-refractivity contribution in [1.29, 1.82) is 0 Å². The summed E-state index contributed by atoms with van der Waals surface area (Å²) < 4.78 is 19.1. The lowest BCUT2D eigenvalue weighted by atomic mass is 9.80. The second-order valence-electron chi connectivity index (χ2n) is 5.15. The summed E-state index contributed by atoms with van der Waals surface area (Å²) in [5.74, 6) is 0.950. The maximum Gasteiger partial charge on any atom is 0.128 e. The van der Waals surface area contributed by atoms with Gasteiger partial charge in [0.25, 0.3) is 0 Å². The van der Waals surface area contributed by atoms with E-state index in [-0.39, 0.29) is 5.82 Å². The highest BCUT2D eigenvalue weighted by Crippen LogP contribution is 2.29. The van der Waals surface area contributed by atoms with Gasteiger partial charge in [-0.05, 0) is 37.3 Å². The lowest BCUT2D eigenvalue weighted by molar-refractivity contribution is 0.0499. The van der Waals surface area contributed by atoms with E-state index in [0.717, 1.165) is 6.54 Å². The van der Waals surface area contributed by atoms with Crippen molar-refractivity contribution in [2.75, 3.05) is 13.2 Å². The van der Waals surface area contributed by atoms with Gasteiger partial charge in [-0.2, -0.15) is 0 Å². The topological polar surface area (TPSA) is 35.2 Å². The molecule has 2 rings (SSSR count). The third kappa shape index (κ3) is 3.53. The predicted molar refractivity (Wildman–Crippen MR) is 70.6 cm³/mol. The van der Waals surface area contributed by atoms with Crippen LogP contribution in [0.4, 0.5) is 4.39 Å². The van der Waals surface area contributed by atoms with Crippen molar-refractivity contribution in [3.8, 4) is 0 Å². The van der Waals surface area contributed by atoms with Gasteiger partial charge in [-0.15, -0.1) is 0 Å². The van der Waals surface area contributed by atoms with Crippen molar-refractivity contribution in [2.45, 2.75) is 32.3 Å². The fourth-order valence-electron chi connectivity index (χ4n) is 2.75. The molecule has 0 bridgehead atoms. The molecule has 2 nitrogen and oxygen atoms in total. The number of benzene rings is 1. The number of rotatable bonds is 5. The Morgan fingerprint density at radius 2 is 1.89 bits per heavy atom. The van der Waals surface area contributed by atoms with Gasteiger partial charge in [0.1, 0.15) is 5.82 Å². The smallest absolute Gasteiger partial charge is 0.128 e. The first-order chi connectivity index (χ1) is 8.81. The molecule has 0 aromatic heterocycles. The molecule has 100 valence electrons. The average Bonchev–Trinajstić information content (AvgIpc) is 2.41. The van der Waals surface area contributed by atoms with Crippen LogP contribution in [-0.2, 0) is 11.3 Å². The van der Waals surface area contributed by atoms with E-state index >= 15 is 0 Å². The molecular formula is C15H22FNO. The van der Waals surface area contributed by atoms with Gasteiger partial charge in [0.2, 0.25) is 0 Å². The van der Waals surface area contributed by atoms with Crippen LogP contribution in [0.5, 0.6) is 0 Å². The van der Waals surface area contributed by atoms with Crippen molar-refractivity contribution in [2.24, 2.45) is 17.6 Å². The van der Waals surface area contributed by atoms with Crippen LogP contribution in [0.15, 0.2) is 24.3 Å². The summed E-state index contributed by atoms with van der Waals surface area (Å²) in [7, 11) is 0. The number of nitrogens with two attached hydrogens (primary N) is 1. The first-order valence-corrected chi connectivity index (χ1v) is 6.82. The van der Waals surface area contributed by atoms with Crippen molar-refractivity contribution in [1.82, 2.24) is 0 Å². The van der Waals surface area contributed by atoms with Gasteiger partial charge in [-0.25, -0.2) is 4.39 Å². The molecule has 1 aliphatic carbocycles. The summed E-state index contributed by atoms with van der Waals surface area (Å²) in [6.45, 7) is 1.81. The molecule has 2 N–H and O–H groups in total. The van der Waals surface area contributed by atoms with Crippen molar-refractivity contribution in [3.05, 3.63) is 35.6 Å². The molecule has 1 aliphatic rings. The summed E-state index contributed by atoms with van der Waals surface area (Å²) in [4.78, 5) is 0. The Hall–Kier alpha value is -0.930. The van der Waals surface area contributed by atoms with Crippen LogP contribution in [-0.4, -0.2) is 13.2 Å². The molecule has 0 saturated heterocycles. The molecule has 0 radical (unpaired) electrons. The molecule has 0 amide bonds. The second-order valence-corrected chi connectivity index (χ2v) is 5.15. The Kier molecular flexibility index (Phi) is 5.14. The van der Waals surface area contributed by atoms with E-state index in [2.05, 4.69) is 0 Å². The third-order valence-electron chi connectivity index (χ3n) is 3.92. The summed E-state index contributed by atoms with van der Waals surface area (Å²) in [6, 6.07) is 6.79. The third-order valence-corrected chi connectivity index (χ3v) is 3.92. The quantitative estimate of drug-likeness (QED) is 0.872. The van der Waals surface area contributed by atoms with Gasteiger partial charge in [0, 0.05) is 5.56 Å². The zero-order valence-corrected chi connectivity index (χ0v) is 10.8. The van der Waals surface area contributed by atoms with E-state index in [0.29, 0.717) is 30.6 Å². The minimum absolute atomic E-state index is 0.184. The first kappa shape index (κ1) is 13.5. The molecule has 2 atom stereocenters. The molecular weight excluding hydrogens is 229 g/mol. The van der Waals surface area contributed by atoms with E-state index in [1.165, 1.54) is 31.7 Å². The van der Waals surface area contributed by atoms with Crippen LogP contribution < -0.4 is 5.73 Å². The van der Waals surface area contributed by atoms with Gasteiger partial charge in [-0.3, -0.25) is 0 Å². The highest BCUT2D eigenvalue weighted by atomic mass is 19.1. The van der Waals surface area contributed by atoms with Crippen LogP contribution in [0.3, 0.4) is 0 Å². The molecule has 18 heavy (non-hydrogen) atoms. The molecule has 2 unspecified atom stereocenters. The molecule has 1 saturated carbocycles. The van der Waals surface area contributed by atoms with Crippen molar-refractivity contribution in [3.63, 3.8) is 0 Å². The van der Waals surface area contributed by atoms with Crippen LogP contribution in [0.25, 0.3) is 0 Å². The van der Waals surface area contributed by atoms with E-state index < -0.39 is 0 Å². The summed E-state index contributed by atoms with van der Waals surface area (Å²) in [6.07, 6.45) is 4.96. The standard InChI is InChI=1S/C15H22FNO/c16-15-8-4-3-7-14(15)11-18-10-13-6-2-1-5-12(13)9-17/h3-4,7-8,12-13H,1-2,5-6,9-11,17H2. The maximum absolute atomic E-state index is 13.4. The van der Waals surface area contributed by atoms with Gasteiger partial charge in [0.05, 0.1) is 13.2 Å². The Labute approximate surface area is 108 Å². The number of hydrogen-bond donors (Lipinski definition) is 1. The minimum atomic E-state index is -0.184. The van der Waals surface area contributed by atoms with E-state index in [1.54, 1.807) is 12.1 Å². The fraction of sp³-hybridized carbons (Fsp3) is 0.600. The number of halogens is 1. The molecule has 1 aromatic carbocycles. The van der Waals surface area contributed by atoms with E-state index in [1.807, 2.05) is 6.07 Å². The average molecular weight is 251 g/mol. The monoisotopic (exact) mass is 251 g/mol. The highest BCUT2D eigenvalue weighted by Gasteiger charge is 2.23. The van der Waals surface area contributed by atoms with Crippen LogP contribution in [0.2, 0.25) is 0 Å². The molecule has 3 heteroatoms. The lowest BCUT2D eigenvalue weighted by Gasteiger charge is -2.30. The van der Waals surface area contributed by atoms with Gasteiger partial charge >= 0.3 is 0 Å². The number of ether oxygens (including phenoxy) is 1. The normalized spacial score (nSPS) is 24.1. The molecule has 1 aromatic rings. The van der Waals surface area contributed by atoms with Gasteiger partial charge in [-0.1, -0.05) is 31.0 Å². The van der Waals surface area contributed by atoms with Crippen LogP contribution >= 0.6 is 0 Å². The lowest BCUT2D eigenvalue weighted by Crippen LogP contribution is -2.29. The van der Waals surface area contributed by atoms with Crippen molar-refractivity contribution < 1.29 is 9.13 Å². The predicted octanol–water partition coefficient (Wildman–Crippen LogP) is 3.11. The molecule has 0 aliphatic heterocycles. The van der Waals surface area contributed by atoms with E-state index in [9.17, 15) is 4.39 Å².